The Morgan fingerprint density at radius 2 is 2.00 bits per heavy atom. The lowest BCUT2D eigenvalue weighted by Gasteiger charge is -2.08. The van der Waals surface area contributed by atoms with Gasteiger partial charge in [-0.2, -0.15) is 0 Å². The highest BCUT2D eigenvalue weighted by Crippen LogP contribution is 2.15. The lowest BCUT2D eigenvalue weighted by atomic mass is 10.3. The van der Waals surface area contributed by atoms with Crippen LogP contribution in [0.1, 0.15) is 5.56 Å². The van der Waals surface area contributed by atoms with Crippen molar-refractivity contribution in [1.29, 1.82) is 0 Å². The van der Waals surface area contributed by atoms with Crippen LogP contribution in [-0.4, -0.2) is 4.57 Å². The van der Waals surface area contributed by atoms with Crippen molar-refractivity contribution in [1.82, 2.24) is 4.57 Å². The minimum absolute atomic E-state index is 0.718. The van der Waals surface area contributed by atoms with Crippen molar-refractivity contribution < 1.29 is 0 Å². The Morgan fingerprint density at radius 3 is 2.73 bits per heavy atom. The molecule has 2 rings (SSSR count). The van der Waals surface area contributed by atoms with Crippen molar-refractivity contribution in [2.24, 2.45) is 0 Å². The molecular formula is C12H10ClNS. The van der Waals surface area contributed by atoms with Crippen LogP contribution < -0.4 is 0 Å². The van der Waals surface area contributed by atoms with Gasteiger partial charge in [0.25, 0.3) is 0 Å². The molecule has 0 spiro atoms. The number of rotatable bonds is 1. The van der Waals surface area contributed by atoms with E-state index in [2.05, 4.69) is 0 Å². The molecule has 0 saturated carbocycles. The number of halogens is 1. The summed E-state index contributed by atoms with van der Waals surface area (Å²) in [6.07, 6.45) is 2.01. The van der Waals surface area contributed by atoms with Crippen LogP contribution in [0, 0.1) is 11.6 Å². The molecule has 0 atom stereocenters. The molecule has 0 bridgehead atoms. The first kappa shape index (κ1) is 10.4. The Balaban J connectivity index is 2.63. The van der Waals surface area contributed by atoms with Gasteiger partial charge in [-0.25, -0.2) is 0 Å². The van der Waals surface area contributed by atoms with Crippen LogP contribution in [0.2, 0.25) is 5.02 Å². The smallest absolute Gasteiger partial charge is 0.110 e. The summed E-state index contributed by atoms with van der Waals surface area (Å²) in [5.74, 6) is 0. The second kappa shape index (κ2) is 4.17. The quantitative estimate of drug-likeness (QED) is 0.672. The molecule has 1 aromatic carbocycles. The maximum atomic E-state index is 5.94. The normalized spacial score (nSPS) is 10.3. The van der Waals surface area contributed by atoms with Gasteiger partial charge in [0, 0.05) is 16.9 Å². The fourth-order valence-corrected chi connectivity index (χ4v) is 1.83. The van der Waals surface area contributed by atoms with Gasteiger partial charge in [0.2, 0.25) is 0 Å². The van der Waals surface area contributed by atoms with Gasteiger partial charge in [-0.05, 0) is 36.8 Å². The summed E-state index contributed by atoms with van der Waals surface area (Å²) in [6.45, 7) is 2.04. The Kier molecular flexibility index (Phi) is 2.89. The van der Waals surface area contributed by atoms with Crippen LogP contribution in [0.3, 0.4) is 0 Å². The van der Waals surface area contributed by atoms with E-state index in [9.17, 15) is 0 Å². The van der Waals surface area contributed by atoms with E-state index in [0.717, 1.165) is 15.4 Å². The Bertz CT molecular complexity index is 545. The van der Waals surface area contributed by atoms with E-state index >= 15 is 0 Å². The molecule has 2 aromatic rings. The SMILES string of the molecule is Cc1ccc(=S)n(-c2cccc(Cl)c2)c1. The Hall–Kier alpha value is -1.12. The van der Waals surface area contributed by atoms with Gasteiger partial charge >= 0.3 is 0 Å². The molecule has 0 fully saturated rings. The molecule has 0 aliphatic carbocycles. The summed E-state index contributed by atoms with van der Waals surface area (Å²) in [5, 5.41) is 0.718. The first-order valence-corrected chi connectivity index (χ1v) is 5.41. The van der Waals surface area contributed by atoms with E-state index in [0.29, 0.717) is 0 Å². The van der Waals surface area contributed by atoms with Gasteiger partial charge in [0.15, 0.2) is 0 Å². The molecule has 0 aliphatic heterocycles. The van der Waals surface area contributed by atoms with E-state index in [1.54, 1.807) is 0 Å². The van der Waals surface area contributed by atoms with Crippen LogP contribution in [0.4, 0.5) is 0 Å². The number of hydrogen-bond acceptors (Lipinski definition) is 1. The molecule has 0 unspecified atom stereocenters. The van der Waals surface area contributed by atoms with Crippen molar-refractivity contribution >= 4 is 23.8 Å². The van der Waals surface area contributed by atoms with Gasteiger partial charge in [0.1, 0.15) is 4.64 Å². The van der Waals surface area contributed by atoms with Gasteiger partial charge in [-0.3, -0.25) is 0 Å². The van der Waals surface area contributed by atoms with Crippen LogP contribution >= 0.6 is 23.8 Å². The molecule has 1 heterocycles. The Labute approximate surface area is 98.9 Å². The highest BCUT2D eigenvalue weighted by Gasteiger charge is 1.97. The Morgan fingerprint density at radius 1 is 1.20 bits per heavy atom. The van der Waals surface area contributed by atoms with Crippen LogP contribution in [-0.2, 0) is 0 Å². The minimum atomic E-state index is 0.718. The van der Waals surface area contributed by atoms with Crippen molar-refractivity contribution in [2.45, 2.75) is 6.92 Å². The van der Waals surface area contributed by atoms with Crippen molar-refractivity contribution in [3.8, 4) is 5.69 Å². The lowest BCUT2D eigenvalue weighted by Crippen LogP contribution is -1.96. The molecule has 0 amide bonds. The fraction of sp³-hybridized carbons (Fsp3) is 0.0833. The average Bonchev–Trinajstić information content (AvgIpc) is 2.22. The lowest BCUT2D eigenvalue weighted by molar-refractivity contribution is 1.01. The molecule has 3 heteroatoms. The fourth-order valence-electron chi connectivity index (χ4n) is 1.42. The largest absolute Gasteiger partial charge is 0.308 e. The summed E-state index contributed by atoms with van der Waals surface area (Å²) >= 11 is 11.2. The summed E-state index contributed by atoms with van der Waals surface area (Å²) in [6, 6.07) is 11.6. The molecule has 15 heavy (non-hydrogen) atoms. The average molecular weight is 236 g/mol. The third-order valence-corrected chi connectivity index (χ3v) is 2.71. The number of nitrogens with zero attached hydrogens (tertiary/aromatic N) is 1. The minimum Gasteiger partial charge on any atom is -0.308 e. The second-order valence-corrected chi connectivity index (χ2v) is 4.25. The molecule has 0 N–H and O–H groups in total. The van der Waals surface area contributed by atoms with E-state index in [-0.39, 0.29) is 0 Å². The zero-order valence-electron chi connectivity index (χ0n) is 8.27. The number of pyridine rings is 1. The van der Waals surface area contributed by atoms with Gasteiger partial charge in [-0.1, -0.05) is 36.0 Å². The molecule has 1 aromatic heterocycles. The summed E-state index contributed by atoms with van der Waals surface area (Å²) < 4.78 is 2.74. The standard InChI is InChI=1S/C12H10ClNS/c1-9-5-6-12(15)14(8-9)11-4-2-3-10(13)7-11/h2-8H,1H3. The maximum Gasteiger partial charge on any atom is 0.110 e. The first-order valence-electron chi connectivity index (χ1n) is 4.62. The van der Waals surface area contributed by atoms with Crippen LogP contribution in [0.15, 0.2) is 42.6 Å². The van der Waals surface area contributed by atoms with E-state index in [1.807, 2.05) is 54.1 Å². The van der Waals surface area contributed by atoms with Gasteiger partial charge < -0.3 is 4.57 Å². The number of benzene rings is 1. The molecule has 0 radical (unpaired) electrons. The molecule has 76 valence electrons. The third kappa shape index (κ3) is 2.28. The van der Waals surface area contributed by atoms with Gasteiger partial charge in [0.05, 0.1) is 0 Å². The third-order valence-electron chi connectivity index (χ3n) is 2.15. The van der Waals surface area contributed by atoms with Gasteiger partial charge in [-0.15, -0.1) is 0 Å². The highest BCUT2D eigenvalue weighted by atomic mass is 35.5. The second-order valence-electron chi connectivity index (χ2n) is 3.39. The predicted octanol–water partition coefficient (Wildman–Crippen LogP) is 4.17. The highest BCUT2D eigenvalue weighted by molar-refractivity contribution is 7.71. The van der Waals surface area contributed by atoms with E-state index in [4.69, 9.17) is 23.8 Å². The van der Waals surface area contributed by atoms with Crippen molar-refractivity contribution in [3.05, 3.63) is 57.8 Å². The monoisotopic (exact) mass is 235 g/mol. The van der Waals surface area contributed by atoms with Crippen molar-refractivity contribution in [3.63, 3.8) is 0 Å². The molecule has 0 aliphatic rings. The first-order chi connectivity index (χ1) is 7.16. The van der Waals surface area contributed by atoms with Crippen molar-refractivity contribution in [2.75, 3.05) is 0 Å². The summed E-state index contributed by atoms with van der Waals surface area (Å²) in [5.41, 5.74) is 2.17. The topological polar surface area (TPSA) is 4.93 Å². The van der Waals surface area contributed by atoms with E-state index in [1.165, 1.54) is 5.56 Å². The predicted molar refractivity (Wildman–Crippen MR) is 66.4 cm³/mol. The van der Waals surface area contributed by atoms with E-state index < -0.39 is 0 Å². The maximum absolute atomic E-state index is 5.94. The molecular weight excluding hydrogens is 226 g/mol. The van der Waals surface area contributed by atoms with Crippen LogP contribution in [0.5, 0.6) is 0 Å². The zero-order chi connectivity index (χ0) is 10.8. The number of hydrogen-bond donors (Lipinski definition) is 0. The summed E-state index contributed by atoms with van der Waals surface area (Å²) in [7, 11) is 0. The number of aryl methyl sites for hydroxylation is 1. The summed E-state index contributed by atoms with van der Waals surface area (Å²) in [4.78, 5) is 0. The van der Waals surface area contributed by atoms with Crippen LogP contribution in [0.25, 0.3) is 5.69 Å². The number of aromatic nitrogens is 1. The zero-order valence-corrected chi connectivity index (χ0v) is 9.85. The molecule has 1 nitrogen and oxygen atoms in total. The molecule has 0 saturated heterocycles.